The van der Waals surface area contributed by atoms with E-state index in [0.717, 1.165) is 12.8 Å². The summed E-state index contributed by atoms with van der Waals surface area (Å²) >= 11 is 5.58. The number of aromatic nitrogens is 2. The predicted octanol–water partition coefficient (Wildman–Crippen LogP) is 2.21. The van der Waals surface area contributed by atoms with Crippen molar-refractivity contribution in [1.82, 2.24) is 10.2 Å². The minimum atomic E-state index is -0.268. The summed E-state index contributed by atoms with van der Waals surface area (Å²) in [7, 11) is 1.67. The Bertz CT molecular complexity index is 299. The molecule has 4 nitrogen and oxygen atoms in total. The first-order valence-electron chi connectivity index (χ1n) is 5.00. The van der Waals surface area contributed by atoms with Crippen LogP contribution in [0, 0.1) is 0 Å². The van der Waals surface area contributed by atoms with Crippen LogP contribution in [-0.4, -0.2) is 28.8 Å². The van der Waals surface area contributed by atoms with E-state index in [2.05, 4.69) is 10.2 Å². The highest BCUT2D eigenvalue weighted by atomic mass is 35.5. The van der Waals surface area contributed by atoms with Crippen LogP contribution in [0.15, 0.2) is 4.42 Å². The first kappa shape index (κ1) is 12.5. The van der Waals surface area contributed by atoms with Crippen molar-refractivity contribution in [2.45, 2.75) is 38.7 Å². The molecular formula is C10H17ClN2O2. The van der Waals surface area contributed by atoms with Gasteiger partial charge in [0.05, 0.1) is 12.0 Å². The van der Waals surface area contributed by atoms with Gasteiger partial charge in [-0.25, -0.2) is 0 Å². The number of aryl methyl sites for hydroxylation is 1. The van der Waals surface area contributed by atoms with Gasteiger partial charge in [-0.05, 0) is 20.3 Å². The third-order valence-electron chi connectivity index (χ3n) is 2.16. The summed E-state index contributed by atoms with van der Waals surface area (Å²) in [6, 6.07) is 0. The van der Waals surface area contributed by atoms with Crippen LogP contribution in [-0.2, 0) is 17.6 Å². The van der Waals surface area contributed by atoms with Gasteiger partial charge in [0, 0.05) is 19.4 Å². The van der Waals surface area contributed by atoms with E-state index in [-0.39, 0.29) is 5.60 Å². The Morgan fingerprint density at radius 1 is 1.33 bits per heavy atom. The molecule has 0 aliphatic heterocycles. The monoisotopic (exact) mass is 232 g/mol. The Morgan fingerprint density at radius 3 is 2.60 bits per heavy atom. The standard InChI is InChI=1S/C10H17ClN2O2/c1-10(2,14-3)7-9-13-12-8(15-9)5-4-6-11/h4-7H2,1-3H3. The topological polar surface area (TPSA) is 48.2 Å². The van der Waals surface area contributed by atoms with E-state index in [1.54, 1.807) is 7.11 Å². The average Bonchev–Trinajstić information content (AvgIpc) is 2.62. The molecule has 0 aromatic carbocycles. The summed E-state index contributed by atoms with van der Waals surface area (Å²) in [5.41, 5.74) is -0.268. The summed E-state index contributed by atoms with van der Waals surface area (Å²) < 4.78 is 10.7. The fourth-order valence-corrected chi connectivity index (χ4v) is 1.25. The number of rotatable bonds is 6. The number of hydrogen-bond acceptors (Lipinski definition) is 4. The van der Waals surface area contributed by atoms with Gasteiger partial charge >= 0.3 is 0 Å². The zero-order chi connectivity index (χ0) is 11.3. The normalized spacial score (nSPS) is 12.0. The second kappa shape index (κ2) is 5.47. The van der Waals surface area contributed by atoms with Crippen LogP contribution in [0.3, 0.4) is 0 Å². The van der Waals surface area contributed by atoms with E-state index >= 15 is 0 Å². The van der Waals surface area contributed by atoms with Gasteiger partial charge in [-0.2, -0.15) is 0 Å². The van der Waals surface area contributed by atoms with E-state index in [4.69, 9.17) is 20.8 Å². The number of nitrogens with zero attached hydrogens (tertiary/aromatic N) is 2. The molecule has 0 bridgehead atoms. The lowest BCUT2D eigenvalue weighted by atomic mass is 10.1. The third-order valence-corrected chi connectivity index (χ3v) is 2.43. The summed E-state index contributed by atoms with van der Waals surface area (Å²) in [5.74, 6) is 1.88. The molecule has 0 unspecified atom stereocenters. The minimum Gasteiger partial charge on any atom is -0.425 e. The molecular weight excluding hydrogens is 216 g/mol. The molecule has 0 radical (unpaired) electrons. The van der Waals surface area contributed by atoms with Gasteiger partial charge in [0.15, 0.2) is 0 Å². The maximum atomic E-state index is 5.58. The molecule has 1 aromatic rings. The molecule has 0 atom stereocenters. The molecule has 0 saturated heterocycles. The van der Waals surface area contributed by atoms with Gasteiger partial charge in [-0.1, -0.05) is 0 Å². The lowest BCUT2D eigenvalue weighted by Crippen LogP contribution is -2.25. The van der Waals surface area contributed by atoms with Gasteiger partial charge in [0.1, 0.15) is 0 Å². The molecule has 0 fully saturated rings. The van der Waals surface area contributed by atoms with Crippen LogP contribution < -0.4 is 0 Å². The Hall–Kier alpha value is -0.610. The van der Waals surface area contributed by atoms with Crippen LogP contribution >= 0.6 is 11.6 Å². The maximum absolute atomic E-state index is 5.58. The molecule has 0 N–H and O–H groups in total. The molecule has 0 amide bonds. The molecule has 0 aliphatic rings. The van der Waals surface area contributed by atoms with Crippen molar-refractivity contribution < 1.29 is 9.15 Å². The van der Waals surface area contributed by atoms with Crippen molar-refractivity contribution in [1.29, 1.82) is 0 Å². The van der Waals surface area contributed by atoms with Crippen LogP contribution in [0.1, 0.15) is 32.0 Å². The van der Waals surface area contributed by atoms with Crippen LogP contribution in [0.2, 0.25) is 0 Å². The number of halogens is 1. The van der Waals surface area contributed by atoms with Gasteiger partial charge in [0.25, 0.3) is 0 Å². The van der Waals surface area contributed by atoms with E-state index in [1.807, 2.05) is 13.8 Å². The van der Waals surface area contributed by atoms with Crippen LogP contribution in [0.25, 0.3) is 0 Å². The van der Waals surface area contributed by atoms with Crippen molar-refractivity contribution in [2.24, 2.45) is 0 Å². The molecule has 1 aromatic heterocycles. The Kier molecular flexibility index (Phi) is 4.54. The summed E-state index contributed by atoms with van der Waals surface area (Å²) in [6.45, 7) is 3.96. The van der Waals surface area contributed by atoms with Crippen molar-refractivity contribution in [2.75, 3.05) is 13.0 Å². The van der Waals surface area contributed by atoms with Crippen LogP contribution in [0.5, 0.6) is 0 Å². The zero-order valence-corrected chi connectivity index (χ0v) is 10.2. The number of methoxy groups -OCH3 is 1. The Labute approximate surface area is 95.0 Å². The van der Waals surface area contributed by atoms with Gasteiger partial charge in [0.2, 0.25) is 11.8 Å². The highest BCUT2D eigenvalue weighted by molar-refractivity contribution is 6.17. The van der Waals surface area contributed by atoms with Crippen molar-refractivity contribution in [3.05, 3.63) is 11.8 Å². The fourth-order valence-electron chi connectivity index (χ4n) is 1.12. The molecule has 0 saturated carbocycles. The highest BCUT2D eigenvalue weighted by Gasteiger charge is 2.20. The molecule has 1 heterocycles. The summed E-state index contributed by atoms with van der Waals surface area (Å²) in [5, 5.41) is 7.90. The van der Waals surface area contributed by atoms with E-state index < -0.39 is 0 Å². The molecule has 86 valence electrons. The minimum absolute atomic E-state index is 0.268. The molecule has 1 rings (SSSR count). The third kappa shape index (κ3) is 4.18. The largest absolute Gasteiger partial charge is 0.425 e. The zero-order valence-electron chi connectivity index (χ0n) is 9.42. The van der Waals surface area contributed by atoms with Gasteiger partial charge in [-0.3, -0.25) is 0 Å². The number of ether oxygens (including phenoxy) is 1. The highest BCUT2D eigenvalue weighted by Crippen LogP contribution is 2.15. The Morgan fingerprint density at radius 2 is 2.00 bits per heavy atom. The SMILES string of the molecule is COC(C)(C)Cc1nnc(CCCCl)o1. The smallest absolute Gasteiger partial charge is 0.219 e. The molecule has 15 heavy (non-hydrogen) atoms. The molecule has 5 heteroatoms. The quantitative estimate of drug-likeness (QED) is 0.706. The second-order valence-electron chi connectivity index (χ2n) is 4.02. The molecule has 0 spiro atoms. The van der Waals surface area contributed by atoms with Crippen molar-refractivity contribution in [3.63, 3.8) is 0 Å². The number of alkyl halides is 1. The number of hydrogen-bond donors (Lipinski definition) is 0. The maximum Gasteiger partial charge on any atom is 0.219 e. The summed E-state index contributed by atoms with van der Waals surface area (Å²) in [6.07, 6.45) is 2.22. The molecule has 0 aliphatic carbocycles. The van der Waals surface area contributed by atoms with Crippen LogP contribution in [0.4, 0.5) is 0 Å². The lowest BCUT2D eigenvalue weighted by molar-refractivity contribution is 0.0179. The first-order valence-corrected chi connectivity index (χ1v) is 5.53. The van der Waals surface area contributed by atoms with E-state index in [0.29, 0.717) is 24.1 Å². The fraction of sp³-hybridized carbons (Fsp3) is 0.800. The second-order valence-corrected chi connectivity index (χ2v) is 4.40. The first-order chi connectivity index (χ1) is 7.07. The average molecular weight is 233 g/mol. The van der Waals surface area contributed by atoms with E-state index in [1.165, 1.54) is 0 Å². The lowest BCUT2D eigenvalue weighted by Gasteiger charge is -2.20. The van der Waals surface area contributed by atoms with Gasteiger partial charge < -0.3 is 9.15 Å². The van der Waals surface area contributed by atoms with Crippen molar-refractivity contribution >= 4 is 11.6 Å². The predicted molar refractivity (Wildman–Crippen MR) is 58.1 cm³/mol. The Balaban J connectivity index is 2.52. The summed E-state index contributed by atoms with van der Waals surface area (Å²) in [4.78, 5) is 0. The van der Waals surface area contributed by atoms with Gasteiger partial charge in [-0.15, -0.1) is 21.8 Å². The van der Waals surface area contributed by atoms with E-state index in [9.17, 15) is 0 Å². The van der Waals surface area contributed by atoms with Crippen molar-refractivity contribution in [3.8, 4) is 0 Å².